The van der Waals surface area contributed by atoms with E-state index in [9.17, 15) is 9.50 Å². The highest BCUT2D eigenvalue weighted by Gasteiger charge is 2.17. The van der Waals surface area contributed by atoms with E-state index in [2.05, 4.69) is 0 Å². The van der Waals surface area contributed by atoms with E-state index in [1.807, 2.05) is 45.9 Å². The molecule has 1 nitrogen and oxygen atoms in total. The third-order valence-corrected chi connectivity index (χ3v) is 3.63. The van der Waals surface area contributed by atoms with Crippen molar-refractivity contribution in [1.82, 2.24) is 0 Å². The molecular weight excluding hydrogens is 239 g/mol. The van der Waals surface area contributed by atoms with Gasteiger partial charge < -0.3 is 5.11 Å². The summed E-state index contributed by atoms with van der Waals surface area (Å²) in [5.74, 6) is -0.356. The van der Waals surface area contributed by atoms with E-state index in [0.29, 0.717) is 5.56 Å². The molecular formula is C17H19FO. The van der Waals surface area contributed by atoms with E-state index in [1.165, 1.54) is 11.6 Å². The van der Waals surface area contributed by atoms with Crippen LogP contribution in [0.4, 0.5) is 4.39 Å². The smallest absolute Gasteiger partial charge is 0.129 e. The Balaban J connectivity index is 2.49. The summed E-state index contributed by atoms with van der Waals surface area (Å²) in [5.41, 5.74) is 5.22. The number of aliphatic hydroxyl groups is 1. The maximum absolute atomic E-state index is 13.9. The third-order valence-electron chi connectivity index (χ3n) is 3.63. The fourth-order valence-corrected chi connectivity index (χ4v) is 2.30. The minimum Gasteiger partial charge on any atom is -0.384 e. The molecule has 2 aromatic carbocycles. The fraction of sp³-hybridized carbons (Fsp3) is 0.294. The molecule has 1 N–H and O–H groups in total. The van der Waals surface area contributed by atoms with Gasteiger partial charge in [-0.2, -0.15) is 0 Å². The lowest BCUT2D eigenvalue weighted by Crippen LogP contribution is -2.06. The first-order valence-corrected chi connectivity index (χ1v) is 6.42. The molecule has 0 fully saturated rings. The number of aliphatic hydroxyl groups excluding tert-OH is 1. The number of hydrogen-bond donors (Lipinski definition) is 1. The summed E-state index contributed by atoms with van der Waals surface area (Å²) in [6.45, 7) is 7.80. The Morgan fingerprint density at radius 3 is 2.11 bits per heavy atom. The van der Waals surface area contributed by atoms with Crippen molar-refractivity contribution in [3.05, 3.63) is 69.5 Å². The van der Waals surface area contributed by atoms with Crippen molar-refractivity contribution >= 4 is 0 Å². The number of rotatable bonds is 2. The Kier molecular flexibility index (Phi) is 3.72. The van der Waals surface area contributed by atoms with Crippen LogP contribution in [-0.2, 0) is 0 Å². The standard InChI is InChI=1S/C17H19FO/c1-10-5-6-14(16(18)7-10)17(19)15-9-12(3)11(2)8-13(15)4/h5-9,17,19H,1-4H3. The van der Waals surface area contributed by atoms with Crippen molar-refractivity contribution < 1.29 is 9.50 Å². The molecule has 100 valence electrons. The largest absolute Gasteiger partial charge is 0.384 e. The van der Waals surface area contributed by atoms with Crippen molar-refractivity contribution in [3.63, 3.8) is 0 Å². The van der Waals surface area contributed by atoms with Gasteiger partial charge in [0.05, 0.1) is 0 Å². The average molecular weight is 258 g/mol. The van der Waals surface area contributed by atoms with Gasteiger partial charge in [0.15, 0.2) is 0 Å². The van der Waals surface area contributed by atoms with E-state index >= 15 is 0 Å². The average Bonchev–Trinajstić information content (AvgIpc) is 2.33. The van der Waals surface area contributed by atoms with E-state index in [1.54, 1.807) is 6.07 Å². The topological polar surface area (TPSA) is 20.2 Å². The minimum atomic E-state index is -0.917. The van der Waals surface area contributed by atoms with Crippen LogP contribution in [0.1, 0.15) is 39.5 Å². The number of hydrogen-bond acceptors (Lipinski definition) is 1. The highest BCUT2D eigenvalue weighted by atomic mass is 19.1. The summed E-state index contributed by atoms with van der Waals surface area (Å²) < 4.78 is 13.9. The molecule has 19 heavy (non-hydrogen) atoms. The summed E-state index contributed by atoms with van der Waals surface area (Å²) in [6.07, 6.45) is -0.917. The maximum Gasteiger partial charge on any atom is 0.129 e. The second kappa shape index (κ2) is 5.14. The fourth-order valence-electron chi connectivity index (χ4n) is 2.30. The highest BCUT2D eigenvalue weighted by Crippen LogP contribution is 2.29. The highest BCUT2D eigenvalue weighted by molar-refractivity contribution is 5.42. The number of aryl methyl sites for hydroxylation is 4. The SMILES string of the molecule is Cc1ccc(C(O)c2cc(C)c(C)cc2C)c(F)c1. The van der Waals surface area contributed by atoms with E-state index in [-0.39, 0.29) is 5.82 Å². The molecule has 0 heterocycles. The molecule has 1 atom stereocenters. The predicted octanol–water partition coefficient (Wildman–Crippen LogP) is 4.14. The van der Waals surface area contributed by atoms with Gasteiger partial charge in [-0.1, -0.05) is 24.3 Å². The van der Waals surface area contributed by atoms with Crippen LogP contribution in [0.2, 0.25) is 0 Å². The Morgan fingerprint density at radius 1 is 0.842 bits per heavy atom. The first-order chi connectivity index (χ1) is 8.90. The summed E-state index contributed by atoms with van der Waals surface area (Å²) in [5, 5.41) is 10.4. The summed E-state index contributed by atoms with van der Waals surface area (Å²) in [7, 11) is 0. The summed E-state index contributed by atoms with van der Waals surface area (Å²) in [4.78, 5) is 0. The van der Waals surface area contributed by atoms with Crippen molar-refractivity contribution in [1.29, 1.82) is 0 Å². The van der Waals surface area contributed by atoms with E-state index in [0.717, 1.165) is 22.3 Å². The van der Waals surface area contributed by atoms with Gasteiger partial charge in [-0.25, -0.2) is 4.39 Å². The van der Waals surface area contributed by atoms with Crippen molar-refractivity contribution in [2.75, 3.05) is 0 Å². The molecule has 0 aliphatic heterocycles. The molecule has 0 radical (unpaired) electrons. The van der Waals surface area contributed by atoms with Crippen molar-refractivity contribution in [3.8, 4) is 0 Å². The zero-order valence-corrected chi connectivity index (χ0v) is 11.8. The Hall–Kier alpha value is -1.67. The van der Waals surface area contributed by atoms with Crippen LogP contribution in [0.3, 0.4) is 0 Å². The maximum atomic E-state index is 13.9. The monoisotopic (exact) mass is 258 g/mol. The summed E-state index contributed by atoms with van der Waals surface area (Å²) >= 11 is 0. The molecule has 0 aliphatic rings. The van der Waals surface area contributed by atoms with Crippen molar-refractivity contribution in [2.45, 2.75) is 33.8 Å². The lowest BCUT2D eigenvalue weighted by atomic mass is 9.93. The zero-order valence-electron chi connectivity index (χ0n) is 11.8. The summed E-state index contributed by atoms with van der Waals surface area (Å²) in [6, 6.07) is 8.89. The lowest BCUT2D eigenvalue weighted by molar-refractivity contribution is 0.214. The zero-order chi connectivity index (χ0) is 14.2. The lowest BCUT2D eigenvalue weighted by Gasteiger charge is -2.17. The third kappa shape index (κ3) is 2.69. The molecule has 0 spiro atoms. The number of halogens is 1. The van der Waals surface area contributed by atoms with Gasteiger partial charge >= 0.3 is 0 Å². The first kappa shape index (κ1) is 13.8. The molecule has 0 amide bonds. The van der Waals surface area contributed by atoms with Crippen LogP contribution < -0.4 is 0 Å². The van der Waals surface area contributed by atoms with E-state index in [4.69, 9.17) is 0 Å². The Bertz CT molecular complexity index is 617. The van der Waals surface area contributed by atoms with Gasteiger partial charge in [-0.3, -0.25) is 0 Å². The predicted molar refractivity (Wildman–Crippen MR) is 75.9 cm³/mol. The van der Waals surface area contributed by atoms with Crippen LogP contribution in [0.5, 0.6) is 0 Å². The van der Waals surface area contributed by atoms with Crippen LogP contribution in [0, 0.1) is 33.5 Å². The molecule has 0 saturated heterocycles. The van der Waals surface area contributed by atoms with Crippen LogP contribution in [-0.4, -0.2) is 5.11 Å². The Morgan fingerprint density at radius 2 is 1.47 bits per heavy atom. The first-order valence-electron chi connectivity index (χ1n) is 6.42. The molecule has 1 unspecified atom stereocenters. The second-order valence-electron chi connectivity index (χ2n) is 5.22. The molecule has 0 saturated carbocycles. The molecule has 2 aromatic rings. The molecule has 0 aromatic heterocycles. The minimum absolute atomic E-state index is 0.331. The molecule has 0 aliphatic carbocycles. The van der Waals surface area contributed by atoms with Crippen LogP contribution in [0.25, 0.3) is 0 Å². The van der Waals surface area contributed by atoms with Gasteiger partial charge in [-0.15, -0.1) is 0 Å². The van der Waals surface area contributed by atoms with Gasteiger partial charge in [0.2, 0.25) is 0 Å². The van der Waals surface area contributed by atoms with Crippen LogP contribution in [0.15, 0.2) is 30.3 Å². The van der Waals surface area contributed by atoms with E-state index < -0.39 is 6.10 Å². The number of benzene rings is 2. The van der Waals surface area contributed by atoms with Gasteiger partial charge in [0.25, 0.3) is 0 Å². The molecule has 2 heteroatoms. The quantitative estimate of drug-likeness (QED) is 0.858. The Labute approximate surface area is 113 Å². The van der Waals surface area contributed by atoms with Crippen LogP contribution >= 0.6 is 0 Å². The van der Waals surface area contributed by atoms with Gasteiger partial charge in [-0.05, 0) is 61.6 Å². The van der Waals surface area contributed by atoms with Crippen molar-refractivity contribution in [2.24, 2.45) is 0 Å². The normalized spacial score (nSPS) is 12.5. The second-order valence-corrected chi connectivity index (χ2v) is 5.22. The molecule has 0 bridgehead atoms. The van der Waals surface area contributed by atoms with Gasteiger partial charge in [0.1, 0.15) is 11.9 Å². The van der Waals surface area contributed by atoms with Gasteiger partial charge in [0, 0.05) is 5.56 Å². The molecule has 2 rings (SSSR count).